The lowest BCUT2D eigenvalue weighted by Gasteiger charge is -2.03. The summed E-state index contributed by atoms with van der Waals surface area (Å²) in [7, 11) is 0. The highest BCUT2D eigenvalue weighted by Gasteiger charge is 1.94. The molecule has 3 N–H and O–H groups in total. The second-order valence-corrected chi connectivity index (χ2v) is 7.03. The molecule has 126 valence electrons. The molecule has 0 atom stereocenters. The minimum Gasteiger partial charge on any atom is -0.344 e. The summed E-state index contributed by atoms with van der Waals surface area (Å²) in [5.74, 6) is 5.45. The van der Waals surface area contributed by atoms with Crippen molar-refractivity contribution in [3.05, 3.63) is 0 Å². The fourth-order valence-electron chi connectivity index (χ4n) is 2.45. The molecule has 0 spiro atoms. The second-order valence-electron chi connectivity index (χ2n) is 5.81. The Bertz CT molecular complexity index is 210. The van der Waals surface area contributed by atoms with Crippen LogP contribution in [0, 0.1) is 12.3 Å². The van der Waals surface area contributed by atoms with Crippen molar-refractivity contribution in [2.24, 2.45) is 0 Å². The molecule has 0 fully saturated rings. The lowest BCUT2D eigenvalue weighted by atomic mass is 10.0. The smallest absolute Gasteiger partial charge is 0.00860 e. The third kappa shape index (κ3) is 22.3. The van der Waals surface area contributed by atoms with Crippen molar-refractivity contribution in [2.45, 2.75) is 96.8 Å². The van der Waals surface area contributed by atoms with Crippen LogP contribution in [0.5, 0.6) is 0 Å². The Balaban J connectivity index is 0. The topological polar surface area (TPSA) is 35.0 Å². The first-order chi connectivity index (χ1) is 9.91. The van der Waals surface area contributed by atoms with E-state index in [1.807, 2.05) is 0 Å². The van der Waals surface area contributed by atoms with E-state index in [1.165, 1.54) is 95.0 Å². The molecule has 0 radical (unpaired) electrons. The van der Waals surface area contributed by atoms with Gasteiger partial charge >= 0.3 is 0 Å². The molecule has 2 heteroatoms. The molecule has 0 aromatic carbocycles. The average Bonchev–Trinajstić information content (AvgIpc) is 2.47. The Kier molecular flexibility index (Phi) is 24.4. The third-order valence-corrected chi connectivity index (χ3v) is 4.98. The van der Waals surface area contributed by atoms with Gasteiger partial charge in [-0.15, -0.1) is 12.3 Å². The van der Waals surface area contributed by atoms with Crippen LogP contribution in [0.25, 0.3) is 0 Å². The van der Waals surface area contributed by atoms with Gasteiger partial charge in [-0.25, -0.2) is 0 Å². The van der Waals surface area contributed by atoms with E-state index >= 15 is 0 Å². The molecule has 0 aliphatic rings. The molecule has 0 aromatic rings. The van der Waals surface area contributed by atoms with Crippen molar-refractivity contribution in [3.63, 3.8) is 0 Å². The minimum atomic E-state index is 0. The van der Waals surface area contributed by atoms with Gasteiger partial charge < -0.3 is 6.15 Å². The Labute approximate surface area is 139 Å². The highest BCUT2D eigenvalue weighted by molar-refractivity contribution is 7.99. The van der Waals surface area contributed by atoms with Gasteiger partial charge in [0.2, 0.25) is 0 Å². The number of hydrogen-bond donors (Lipinski definition) is 1. The first-order valence-corrected chi connectivity index (χ1v) is 10.1. The van der Waals surface area contributed by atoms with Crippen LogP contribution >= 0.6 is 11.8 Å². The molecule has 0 aromatic heterocycles. The van der Waals surface area contributed by atoms with Gasteiger partial charge in [-0.3, -0.25) is 0 Å². The van der Waals surface area contributed by atoms with Crippen LogP contribution < -0.4 is 6.15 Å². The van der Waals surface area contributed by atoms with Crippen molar-refractivity contribution in [1.82, 2.24) is 6.15 Å². The molecule has 0 amide bonds. The Hall–Kier alpha value is -0.130. The normalized spacial score (nSPS) is 10.1. The molecule has 0 aliphatic carbocycles. The van der Waals surface area contributed by atoms with Crippen LogP contribution in [0.4, 0.5) is 0 Å². The minimum absolute atomic E-state index is 0. The van der Waals surface area contributed by atoms with Crippen LogP contribution in [-0.2, 0) is 0 Å². The third-order valence-electron chi connectivity index (χ3n) is 3.71. The van der Waals surface area contributed by atoms with Crippen LogP contribution in [0.3, 0.4) is 0 Å². The molecule has 21 heavy (non-hydrogen) atoms. The van der Waals surface area contributed by atoms with Gasteiger partial charge in [0.1, 0.15) is 0 Å². The molecule has 0 unspecified atom stereocenters. The van der Waals surface area contributed by atoms with Gasteiger partial charge in [0.05, 0.1) is 0 Å². The van der Waals surface area contributed by atoms with E-state index in [0.717, 1.165) is 6.42 Å². The Morgan fingerprint density at radius 1 is 0.667 bits per heavy atom. The lowest BCUT2D eigenvalue weighted by molar-refractivity contribution is 0.546. The number of rotatable bonds is 16. The van der Waals surface area contributed by atoms with E-state index in [9.17, 15) is 0 Å². The lowest BCUT2D eigenvalue weighted by Crippen LogP contribution is -1.85. The molecule has 0 bridgehead atoms. The predicted octanol–water partition coefficient (Wildman–Crippen LogP) is 7.00. The van der Waals surface area contributed by atoms with Crippen LogP contribution in [0.15, 0.2) is 0 Å². The van der Waals surface area contributed by atoms with E-state index in [1.54, 1.807) is 0 Å². The van der Waals surface area contributed by atoms with E-state index in [0.29, 0.717) is 0 Å². The molecule has 0 saturated heterocycles. The summed E-state index contributed by atoms with van der Waals surface area (Å²) in [6.45, 7) is 2.27. The number of unbranched alkanes of at least 4 members (excludes halogenated alkanes) is 12. The largest absolute Gasteiger partial charge is 0.344 e. The van der Waals surface area contributed by atoms with Gasteiger partial charge in [-0.05, 0) is 30.8 Å². The maximum atomic E-state index is 5.24. The number of terminal acetylenes is 1. The van der Waals surface area contributed by atoms with Gasteiger partial charge in [0, 0.05) is 6.42 Å². The van der Waals surface area contributed by atoms with E-state index in [2.05, 4.69) is 24.6 Å². The summed E-state index contributed by atoms with van der Waals surface area (Å²) < 4.78 is 0. The zero-order valence-corrected chi connectivity index (χ0v) is 15.3. The summed E-state index contributed by atoms with van der Waals surface area (Å²) in [6, 6.07) is 0. The molecular weight excluding hydrogens is 274 g/mol. The molecule has 0 rings (SSSR count). The Morgan fingerprint density at radius 3 is 1.52 bits per heavy atom. The fraction of sp³-hybridized carbons (Fsp3) is 0.895. The van der Waals surface area contributed by atoms with E-state index in [4.69, 9.17) is 6.42 Å². The predicted molar refractivity (Wildman–Crippen MR) is 101 cm³/mol. The van der Waals surface area contributed by atoms with Crippen molar-refractivity contribution in [1.29, 1.82) is 0 Å². The molecular formula is C19H39NS. The summed E-state index contributed by atoms with van der Waals surface area (Å²) in [6.07, 6.45) is 24.5. The first-order valence-electron chi connectivity index (χ1n) is 8.93. The van der Waals surface area contributed by atoms with Gasteiger partial charge in [0.25, 0.3) is 0 Å². The van der Waals surface area contributed by atoms with Crippen LogP contribution in [0.1, 0.15) is 96.8 Å². The maximum Gasteiger partial charge on any atom is 0.00860 e. The molecule has 0 heterocycles. The summed E-state index contributed by atoms with van der Waals surface area (Å²) >= 11 is 2.13. The van der Waals surface area contributed by atoms with E-state index in [-0.39, 0.29) is 6.15 Å². The highest BCUT2D eigenvalue weighted by atomic mass is 32.2. The number of thioether (sulfide) groups is 1. The summed E-state index contributed by atoms with van der Waals surface area (Å²) in [5.41, 5.74) is 0. The van der Waals surface area contributed by atoms with Gasteiger partial charge in [0.15, 0.2) is 0 Å². The quantitative estimate of drug-likeness (QED) is 0.246. The van der Waals surface area contributed by atoms with Crippen molar-refractivity contribution < 1.29 is 0 Å². The summed E-state index contributed by atoms with van der Waals surface area (Å²) in [5, 5.41) is 0. The zero-order valence-electron chi connectivity index (χ0n) is 14.5. The molecule has 0 aliphatic heterocycles. The standard InChI is InChI=1S/C19H36S.H3N/c1-3-5-6-7-8-9-10-11-12-13-14-15-16-17-19-20-18-4-2;/h1H,4-19H2,2H3;1H3. The zero-order chi connectivity index (χ0) is 14.7. The van der Waals surface area contributed by atoms with Crippen molar-refractivity contribution >= 4 is 11.8 Å². The first kappa shape index (κ1) is 23.1. The highest BCUT2D eigenvalue weighted by Crippen LogP contribution is 2.13. The van der Waals surface area contributed by atoms with Crippen LogP contribution in [-0.4, -0.2) is 11.5 Å². The van der Waals surface area contributed by atoms with Gasteiger partial charge in [-0.1, -0.05) is 71.1 Å². The second kappa shape index (κ2) is 22.2. The SMILES string of the molecule is C#CCCCCCCCCCCCCCCSCCC.N. The maximum absolute atomic E-state index is 5.24. The van der Waals surface area contributed by atoms with E-state index < -0.39 is 0 Å². The van der Waals surface area contributed by atoms with Gasteiger partial charge in [-0.2, -0.15) is 11.8 Å². The average molecular weight is 314 g/mol. The van der Waals surface area contributed by atoms with Crippen molar-refractivity contribution in [3.8, 4) is 12.3 Å². The molecule has 1 nitrogen and oxygen atoms in total. The fourth-order valence-corrected chi connectivity index (χ4v) is 3.35. The van der Waals surface area contributed by atoms with Crippen molar-refractivity contribution in [2.75, 3.05) is 11.5 Å². The monoisotopic (exact) mass is 313 g/mol. The van der Waals surface area contributed by atoms with Crippen LogP contribution in [0.2, 0.25) is 0 Å². The molecule has 0 saturated carbocycles. The Morgan fingerprint density at radius 2 is 1.10 bits per heavy atom. The summed E-state index contributed by atoms with van der Waals surface area (Å²) in [4.78, 5) is 0. The number of hydrogen-bond acceptors (Lipinski definition) is 2.